The number of anilines is 1. The Morgan fingerprint density at radius 1 is 0.971 bits per heavy atom. The molecule has 1 aliphatic heterocycles. The van der Waals surface area contributed by atoms with E-state index in [0.29, 0.717) is 56.7 Å². The molecule has 1 N–H and O–H groups in total. The minimum absolute atomic E-state index is 0.111. The molecule has 3 rings (SSSR count). The summed E-state index contributed by atoms with van der Waals surface area (Å²) in [4.78, 5) is 27.5. The van der Waals surface area contributed by atoms with Crippen LogP contribution in [-0.4, -0.2) is 61.4 Å². The highest BCUT2D eigenvalue weighted by Gasteiger charge is 2.31. The Bertz CT molecular complexity index is 1060. The van der Waals surface area contributed by atoms with Crippen LogP contribution in [0.15, 0.2) is 54.6 Å². The number of hydrogen-bond acceptors (Lipinski definition) is 4. The highest BCUT2D eigenvalue weighted by molar-refractivity contribution is 7.89. The fourth-order valence-corrected chi connectivity index (χ4v) is 5.86. The SMILES string of the molecule is CCN(CC)C(=O)c1ccccc1NC(=O)C1CCN(S(=O)(=O)CCCc2ccccc2)CC1. The van der Waals surface area contributed by atoms with Gasteiger partial charge >= 0.3 is 0 Å². The fourth-order valence-electron chi connectivity index (χ4n) is 4.32. The fraction of sp³-hybridized carbons (Fsp3) is 0.462. The number of para-hydroxylation sites is 1. The molecule has 0 radical (unpaired) electrons. The van der Waals surface area contributed by atoms with E-state index < -0.39 is 10.0 Å². The number of carbonyl (C=O) groups excluding carboxylic acids is 2. The van der Waals surface area contributed by atoms with Crippen LogP contribution in [0.1, 0.15) is 49.0 Å². The maximum atomic E-state index is 12.9. The summed E-state index contributed by atoms with van der Waals surface area (Å²) in [5.74, 6) is -0.454. The third-order valence-electron chi connectivity index (χ3n) is 6.39. The largest absolute Gasteiger partial charge is 0.339 e. The van der Waals surface area contributed by atoms with Crippen LogP contribution < -0.4 is 5.32 Å². The number of aryl methyl sites for hydroxylation is 1. The van der Waals surface area contributed by atoms with Crippen molar-refractivity contribution in [1.29, 1.82) is 0 Å². The molecule has 0 bridgehead atoms. The van der Waals surface area contributed by atoms with E-state index in [1.54, 1.807) is 29.2 Å². The molecule has 2 amide bonds. The predicted molar refractivity (Wildman–Crippen MR) is 135 cm³/mol. The summed E-state index contributed by atoms with van der Waals surface area (Å²) < 4.78 is 27.0. The van der Waals surface area contributed by atoms with Gasteiger partial charge in [-0.2, -0.15) is 0 Å². The number of carbonyl (C=O) groups is 2. The van der Waals surface area contributed by atoms with Crippen LogP contribution in [0.5, 0.6) is 0 Å². The van der Waals surface area contributed by atoms with Crippen molar-refractivity contribution < 1.29 is 18.0 Å². The molecule has 0 atom stereocenters. The topological polar surface area (TPSA) is 86.8 Å². The van der Waals surface area contributed by atoms with E-state index in [9.17, 15) is 18.0 Å². The first-order valence-electron chi connectivity index (χ1n) is 12.1. The molecule has 184 valence electrons. The third-order valence-corrected chi connectivity index (χ3v) is 8.35. The van der Waals surface area contributed by atoms with Crippen molar-refractivity contribution in [2.45, 2.75) is 39.5 Å². The van der Waals surface area contributed by atoms with Crippen LogP contribution in [0, 0.1) is 5.92 Å². The number of benzene rings is 2. The Balaban J connectivity index is 1.53. The van der Waals surface area contributed by atoms with Crippen LogP contribution in [0.4, 0.5) is 5.69 Å². The van der Waals surface area contributed by atoms with E-state index >= 15 is 0 Å². The molecule has 1 aliphatic rings. The molecule has 2 aromatic carbocycles. The van der Waals surface area contributed by atoms with Crippen LogP contribution in [0.2, 0.25) is 0 Å². The van der Waals surface area contributed by atoms with Crippen molar-refractivity contribution in [2.75, 3.05) is 37.2 Å². The van der Waals surface area contributed by atoms with Crippen LogP contribution in [-0.2, 0) is 21.2 Å². The van der Waals surface area contributed by atoms with E-state index in [-0.39, 0.29) is 23.5 Å². The zero-order valence-corrected chi connectivity index (χ0v) is 20.9. The van der Waals surface area contributed by atoms with Gasteiger partial charge in [0.1, 0.15) is 0 Å². The lowest BCUT2D eigenvalue weighted by Crippen LogP contribution is -2.42. The van der Waals surface area contributed by atoms with Crippen molar-refractivity contribution in [3.8, 4) is 0 Å². The first-order valence-corrected chi connectivity index (χ1v) is 13.7. The van der Waals surface area contributed by atoms with Gasteiger partial charge in [-0.25, -0.2) is 12.7 Å². The molecule has 0 unspecified atom stereocenters. The molecule has 0 aliphatic carbocycles. The molecule has 7 nitrogen and oxygen atoms in total. The first kappa shape index (κ1) is 25.9. The van der Waals surface area contributed by atoms with Crippen molar-refractivity contribution in [2.24, 2.45) is 5.92 Å². The molecule has 2 aromatic rings. The molecule has 1 heterocycles. The summed E-state index contributed by atoms with van der Waals surface area (Å²) >= 11 is 0. The lowest BCUT2D eigenvalue weighted by atomic mass is 9.97. The number of hydrogen-bond donors (Lipinski definition) is 1. The van der Waals surface area contributed by atoms with Gasteiger partial charge in [-0.05, 0) is 57.2 Å². The van der Waals surface area contributed by atoms with Gasteiger partial charge in [-0.1, -0.05) is 42.5 Å². The summed E-state index contributed by atoms with van der Waals surface area (Å²) in [6, 6.07) is 16.9. The smallest absolute Gasteiger partial charge is 0.255 e. The Morgan fingerprint density at radius 3 is 2.24 bits per heavy atom. The Kier molecular flexibility index (Phi) is 9.24. The number of rotatable bonds is 10. The quantitative estimate of drug-likeness (QED) is 0.555. The lowest BCUT2D eigenvalue weighted by Gasteiger charge is -2.30. The number of amides is 2. The number of piperidine rings is 1. The van der Waals surface area contributed by atoms with Gasteiger partial charge in [0.2, 0.25) is 15.9 Å². The second-order valence-corrected chi connectivity index (χ2v) is 10.7. The minimum Gasteiger partial charge on any atom is -0.339 e. The van der Waals surface area contributed by atoms with Crippen LogP contribution >= 0.6 is 0 Å². The van der Waals surface area contributed by atoms with Gasteiger partial charge < -0.3 is 10.2 Å². The van der Waals surface area contributed by atoms with E-state index in [0.717, 1.165) is 12.0 Å². The second kappa shape index (κ2) is 12.1. The highest BCUT2D eigenvalue weighted by Crippen LogP contribution is 2.24. The second-order valence-electron chi connectivity index (χ2n) is 8.59. The summed E-state index contributed by atoms with van der Waals surface area (Å²) in [5, 5.41) is 2.92. The Morgan fingerprint density at radius 2 is 1.59 bits per heavy atom. The normalized spacial score (nSPS) is 15.1. The lowest BCUT2D eigenvalue weighted by molar-refractivity contribution is -0.120. The average molecular weight is 486 g/mol. The highest BCUT2D eigenvalue weighted by atomic mass is 32.2. The molecule has 0 aromatic heterocycles. The molecular formula is C26H35N3O4S. The maximum absolute atomic E-state index is 12.9. The molecule has 1 fully saturated rings. The van der Waals surface area contributed by atoms with E-state index in [4.69, 9.17) is 0 Å². The summed E-state index contributed by atoms with van der Waals surface area (Å²) in [7, 11) is -3.34. The number of sulfonamides is 1. The van der Waals surface area contributed by atoms with E-state index in [1.807, 2.05) is 44.2 Å². The number of nitrogens with one attached hydrogen (secondary N) is 1. The van der Waals surface area contributed by atoms with E-state index in [1.165, 1.54) is 4.31 Å². The first-order chi connectivity index (χ1) is 16.4. The summed E-state index contributed by atoms with van der Waals surface area (Å²) in [6.45, 7) is 5.71. The van der Waals surface area contributed by atoms with Crippen molar-refractivity contribution in [3.05, 3.63) is 65.7 Å². The van der Waals surface area contributed by atoms with Gasteiger partial charge in [-0.3, -0.25) is 9.59 Å². The predicted octanol–water partition coefficient (Wildman–Crippen LogP) is 3.78. The maximum Gasteiger partial charge on any atom is 0.255 e. The van der Waals surface area contributed by atoms with Crippen molar-refractivity contribution in [1.82, 2.24) is 9.21 Å². The average Bonchev–Trinajstić information content (AvgIpc) is 2.85. The number of nitrogens with zero attached hydrogens (tertiary/aromatic N) is 2. The monoisotopic (exact) mass is 485 g/mol. The standard InChI is InChI=1S/C26H35N3O4S/c1-3-28(4-2)26(31)23-14-8-9-15-24(23)27-25(30)22-16-18-29(19-17-22)34(32,33)20-10-13-21-11-6-5-7-12-21/h5-9,11-12,14-15,22H,3-4,10,13,16-20H2,1-2H3,(H,27,30). The van der Waals surface area contributed by atoms with Gasteiger partial charge in [0.25, 0.3) is 5.91 Å². The Hall–Kier alpha value is -2.71. The minimum atomic E-state index is -3.34. The molecule has 1 saturated heterocycles. The summed E-state index contributed by atoms with van der Waals surface area (Å²) in [5.41, 5.74) is 2.10. The molecule has 8 heteroatoms. The molecule has 0 saturated carbocycles. The van der Waals surface area contributed by atoms with Crippen LogP contribution in [0.3, 0.4) is 0 Å². The van der Waals surface area contributed by atoms with Gasteiger partial charge in [-0.15, -0.1) is 0 Å². The van der Waals surface area contributed by atoms with Crippen molar-refractivity contribution in [3.63, 3.8) is 0 Å². The van der Waals surface area contributed by atoms with E-state index in [2.05, 4.69) is 5.32 Å². The van der Waals surface area contributed by atoms with Crippen LogP contribution in [0.25, 0.3) is 0 Å². The van der Waals surface area contributed by atoms with Gasteiger partial charge in [0.05, 0.1) is 17.0 Å². The summed E-state index contributed by atoms with van der Waals surface area (Å²) in [6.07, 6.45) is 2.24. The Labute approximate surface area is 203 Å². The van der Waals surface area contributed by atoms with Gasteiger partial charge in [0, 0.05) is 32.1 Å². The molecular weight excluding hydrogens is 450 g/mol. The zero-order chi connectivity index (χ0) is 24.6. The third kappa shape index (κ3) is 6.67. The molecule has 0 spiro atoms. The van der Waals surface area contributed by atoms with Gasteiger partial charge in [0.15, 0.2) is 0 Å². The van der Waals surface area contributed by atoms with Crippen molar-refractivity contribution >= 4 is 27.5 Å². The zero-order valence-electron chi connectivity index (χ0n) is 20.1. The molecule has 34 heavy (non-hydrogen) atoms.